The summed E-state index contributed by atoms with van der Waals surface area (Å²) in [7, 11) is 1.54. The van der Waals surface area contributed by atoms with Crippen LogP contribution in [-0.4, -0.2) is 18.0 Å². The topological polar surface area (TPSA) is 63.2 Å². The van der Waals surface area contributed by atoms with Crippen molar-refractivity contribution in [2.24, 2.45) is 0 Å². The van der Waals surface area contributed by atoms with Crippen LogP contribution in [0.1, 0.15) is 21.6 Å². The number of benzene rings is 2. The van der Waals surface area contributed by atoms with Gasteiger partial charge in [0.15, 0.2) is 0 Å². The van der Waals surface area contributed by atoms with Crippen LogP contribution in [0.2, 0.25) is 5.02 Å². The summed E-state index contributed by atoms with van der Waals surface area (Å²) in [5.74, 6) is 0.248. The minimum Gasteiger partial charge on any atom is -0.495 e. The Bertz CT molecular complexity index is 925. The second kappa shape index (κ2) is 8.56. The zero-order chi connectivity index (χ0) is 19.2. The molecule has 0 saturated carbocycles. The van der Waals surface area contributed by atoms with Crippen LogP contribution >= 0.6 is 11.6 Å². The molecule has 27 heavy (non-hydrogen) atoms. The van der Waals surface area contributed by atoms with Gasteiger partial charge in [-0.15, -0.1) is 0 Å². The molecule has 0 aliphatic carbocycles. The van der Waals surface area contributed by atoms with Crippen molar-refractivity contribution in [3.63, 3.8) is 0 Å². The number of amides is 1. The van der Waals surface area contributed by atoms with E-state index in [0.717, 1.165) is 5.69 Å². The van der Waals surface area contributed by atoms with Gasteiger partial charge in [-0.3, -0.25) is 4.79 Å². The third-order valence-corrected chi connectivity index (χ3v) is 4.32. The van der Waals surface area contributed by atoms with E-state index in [4.69, 9.17) is 16.3 Å². The maximum Gasteiger partial charge on any atom is 0.274 e. The van der Waals surface area contributed by atoms with Gasteiger partial charge < -0.3 is 15.4 Å². The third kappa shape index (κ3) is 4.99. The van der Waals surface area contributed by atoms with E-state index in [0.29, 0.717) is 28.7 Å². The number of carbonyl (C=O) groups excluding carboxylic acids is 1. The van der Waals surface area contributed by atoms with Gasteiger partial charge in [-0.05, 0) is 42.8 Å². The Kier molecular flexibility index (Phi) is 5.94. The molecule has 0 saturated heterocycles. The highest BCUT2D eigenvalue weighted by molar-refractivity contribution is 6.32. The number of nitrogens with zero attached hydrogens (tertiary/aromatic N) is 1. The van der Waals surface area contributed by atoms with Crippen molar-refractivity contribution in [2.75, 3.05) is 17.7 Å². The first-order valence-corrected chi connectivity index (χ1v) is 8.83. The summed E-state index contributed by atoms with van der Waals surface area (Å²) in [5, 5.41) is 6.49. The molecule has 0 unspecified atom stereocenters. The average molecular weight is 382 g/mol. The van der Waals surface area contributed by atoms with Gasteiger partial charge in [-0.2, -0.15) is 0 Å². The SMILES string of the molecule is COc1ccc(NC(=O)c2ccc(NCc3ccc(C)cc3)cn2)cc1Cl. The van der Waals surface area contributed by atoms with Crippen molar-refractivity contribution in [3.8, 4) is 5.75 Å². The Morgan fingerprint density at radius 1 is 1.07 bits per heavy atom. The molecule has 0 radical (unpaired) electrons. The van der Waals surface area contributed by atoms with Crippen LogP contribution in [0.15, 0.2) is 60.8 Å². The summed E-state index contributed by atoms with van der Waals surface area (Å²) in [6.07, 6.45) is 1.64. The molecule has 138 valence electrons. The van der Waals surface area contributed by atoms with Crippen molar-refractivity contribution in [1.29, 1.82) is 0 Å². The van der Waals surface area contributed by atoms with Gasteiger partial charge in [0.25, 0.3) is 5.91 Å². The number of aromatic nitrogens is 1. The lowest BCUT2D eigenvalue weighted by Gasteiger charge is -2.09. The predicted octanol–water partition coefficient (Wildman–Crippen LogP) is 4.92. The summed E-state index contributed by atoms with van der Waals surface area (Å²) in [5.41, 5.74) is 4.16. The molecule has 6 heteroatoms. The highest BCUT2D eigenvalue weighted by Crippen LogP contribution is 2.27. The number of methoxy groups -OCH3 is 1. The van der Waals surface area contributed by atoms with Gasteiger partial charge in [0.1, 0.15) is 11.4 Å². The first-order valence-electron chi connectivity index (χ1n) is 8.45. The maximum atomic E-state index is 12.3. The number of nitrogens with one attached hydrogen (secondary N) is 2. The van der Waals surface area contributed by atoms with Crippen LogP contribution in [0.3, 0.4) is 0 Å². The molecule has 2 N–H and O–H groups in total. The van der Waals surface area contributed by atoms with Crippen molar-refractivity contribution in [2.45, 2.75) is 13.5 Å². The van der Waals surface area contributed by atoms with E-state index in [1.807, 2.05) is 6.07 Å². The van der Waals surface area contributed by atoms with Gasteiger partial charge in [-0.25, -0.2) is 4.98 Å². The first kappa shape index (κ1) is 18.7. The molecular formula is C21H20ClN3O2. The number of rotatable bonds is 6. The molecule has 5 nitrogen and oxygen atoms in total. The normalized spacial score (nSPS) is 10.3. The molecule has 2 aromatic carbocycles. The molecule has 3 aromatic rings. The van der Waals surface area contributed by atoms with E-state index in [2.05, 4.69) is 46.8 Å². The number of hydrogen-bond acceptors (Lipinski definition) is 4. The minimum absolute atomic E-state index is 0.304. The monoisotopic (exact) mass is 381 g/mol. The number of anilines is 2. The minimum atomic E-state index is -0.304. The highest BCUT2D eigenvalue weighted by Gasteiger charge is 2.09. The van der Waals surface area contributed by atoms with Crippen LogP contribution in [-0.2, 0) is 6.54 Å². The van der Waals surface area contributed by atoms with Crippen LogP contribution in [0.5, 0.6) is 5.75 Å². The Labute approximate surface area is 163 Å². The summed E-state index contributed by atoms with van der Waals surface area (Å²) >= 11 is 6.07. The van der Waals surface area contributed by atoms with Crippen molar-refractivity contribution in [1.82, 2.24) is 4.98 Å². The lowest BCUT2D eigenvalue weighted by atomic mass is 10.1. The Balaban J connectivity index is 1.59. The molecule has 0 aliphatic heterocycles. The second-order valence-corrected chi connectivity index (χ2v) is 6.48. The molecule has 0 spiro atoms. The molecule has 0 bridgehead atoms. The zero-order valence-electron chi connectivity index (χ0n) is 15.1. The Hall–Kier alpha value is -3.05. The average Bonchev–Trinajstić information content (AvgIpc) is 2.68. The lowest BCUT2D eigenvalue weighted by Crippen LogP contribution is -2.13. The van der Waals surface area contributed by atoms with Gasteiger partial charge in [0.05, 0.1) is 24.0 Å². The van der Waals surface area contributed by atoms with Gasteiger partial charge in [0.2, 0.25) is 0 Å². The van der Waals surface area contributed by atoms with E-state index < -0.39 is 0 Å². The van der Waals surface area contributed by atoms with Crippen molar-refractivity contribution >= 4 is 28.9 Å². The zero-order valence-corrected chi connectivity index (χ0v) is 15.9. The van der Waals surface area contributed by atoms with Crippen LogP contribution in [0.4, 0.5) is 11.4 Å². The summed E-state index contributed by atoms with van der Waals surface area (Å²) in [6, 6.07) is 16.9. The summed E-state index contributed by atoms with van der Waals surface area (Å²) < 4.78 is 5.10. The molecule has 0 aliphatic rings. The number of hydrogen-bond donors (Lipinski definition) is 2. The standard InChI is InChI=1S/C21H20ClN3O2/c1-14-3-5-15(6-4-14)12-23-17-7-9-19(24-13-17)21(26)25-16-8-10-20(27-2)18(22)11-16/h3-11,13,23H,12H2,1-2H3,(H,25,26). The molecular weight excluding hydrogens is 362 g/mol. The molecule has 1 heterocycles. The Morgan fingerprint density at radius 3 is 2.44 bits per heavy atom. The predicted molar refractivity (Wildman–Crippen MR) is 109 cm³/mol. The largest absolute Gasteiger partial charge is 0.495 e. The molecule has 3 rings (SSSR count). The quantitative estimate of drug-likeness (QED) is 0.636. The summed E-state index contributed by atoms with van der Waals surface area (Å²) in [6.45, 7) is 2.75. The number of pyridine rings is 1. The van der Waals surface area contributed by atoms with Crippen molar-refractivity contribution < 1.29 is 9.53 Å². The van der Waals surface area contributed by atoms with E-state index in [1.165, 1.54) is 18.2 Å². The van der Waals surface area contributed by atoms with E-state index in [9.17, 15) is 4.79 Å². The number of halogens is 1. The highest BCUT2D eigenvalue weighted by atomic mass is 35.5. The van der Waals surface area contributed by atoms with Gasteiger partial charge >= 0.3 is 0 Å². The van der Waals surface area contributed by atoms with E-state index >= 15 is 0 Å². The fourth-order valence-corrected chi connectivity index (χ4v) is 2.74. The third-order valence-electron chi connectivity index (χ3n) is 4.02. The number of ether oxygens (including phenoxy) is 1. The Morgan fingerprint density at radius 2 is 1.81 bits per heavy atom. The number of aryl methyl sites for hydroxylation is 1. The maximum absolute atomic E-state index is 12.3. The second-order valence-electron chi connectivity index (χ2n) is 6.07. The molecule has 1 amide bonds. The fourth-order valence-electron chi connectivity index (χ4n) is 2.48. The molecule has 0 atom stereocenters. The lowest BCUT2D eigenvalue weighted by molar-refractivity contribution is 0.102. The van der Waals surface area contributed by atoms with Crippen LogP contribution in [0, 0.1) is 6.92 Å². The first-order chi connectivity index (χ1) is 13.0. The molecule has 0 fully saturated rings. The van der Waals surface area contributed by atoms with Crippen LogP contribution in [0.25, 0.3) is 0 Å². The summed E-state index contributed by atoms with van der Waals surface area (Å²) in [4.78, 5) is 16.6. The van der Waals surface area contributed by atoms with Crippen LogP contribution < -0.4 is 15.4 Å². The molecule has 1 aromatic heterocycles. The fraction of sp³-hybridized carbons (Fsp3) is 0.143. The van der Waals surface area contributed by atoms with E-state index in [-0.39, 0.29) is 5.91 Å². The van der Waals surface area contributed by atoms with Crippen molar-refractivity contribution in [3.05, 3.63) is 82.6 Å². The van der Waals surface area contributed by atoms with Gasteiger partial charge in [0, 0.05) is 12.2 Å². The van der Waals surface area contributed by atoms with E-state index in [1.54, 1.807) is 30.5 Å². The number of carbonyl (C=O) groups is 1. The van der Waals surface area contributed by atoms with Gasteiger partial charge in [-0.1, -0.05) is 41.4 Å². The smallest absolute Gasteiger partial charge is 0.274 e.